The minimum Gasteiger partial charge on any atom is -0.394 e. The highest BCUT2D eigenvalue weighted by molar-refractivity contribution is 14.1. The maximum Gasteiger partial charge on any atom is 0.253 e. The van der Waals surface area contributed by atoms with Crippen molar-refractivity contribution in [1.29, 1.82) is 0 Å². The van der Waals surface area contributed by atoms with E-state index in [0.717, 1.165) is 9.80 Å². The molecule has 0 fully saturated rings. The van der Waals surface area contributed by atoms with E-state index in [9.17, 15) is 79.8 Å². The van der Waals surface area contributed by atoms with Gasteiger partial charge in [0.25, 0.3) is 23.6 Å². The van der Waals surface area contributed by atoms with E-state index >= 15 is 0 Å². The van der Waals surface area contributed by atoms with Crippen LogP contribution in [0.5, 0.6) is 0 Å². The number of carbonyl (C=O) groups is 6. The summed E-state index contributed by atoms with van der Waals surface area (Å²) in [6.45, 7) is -3.41. The van der Waals surface area contributed by atoms with E-state index in [1.165, 1.54) is 13.8 Å². The lowest BCUT2D eigenvalue weighted by atomic mass is 9.98. The van der Waals surface area contributed by atoms with E-state index < -0.39 is 132 Å². The van der Waals surface area contributed by atoms with Gasteiger partial charge in [0.15, 0.2) is 0 Å². The summed E-state index contributed by atoms with van der Waals surface area (Å²) in [7, 11) is 0. The van der Waals surface area contributed by atoms with Crippen molar-refractivity contribution >= 4 is 138 Å². The van der Waals surface area contributed by atoms with Gasteiger partial charge in [-0.15, -0.1) is 0 Å². The first-order valence-corrected chi connectivity index (χ1v) is 23.1. The molecule has 0 radical (unpaired) electrons. The second kappa shape index (κ2) is 27.4. The molecule has 0 bridgehead atoms. The number of anilines is 2. The van der Waals surface area contributed by atoms with Gasteiger partial charge in [-0.05, 0) is 115 Å². The van der Waals surface area contributed by atoms with Gasteiger partial charge in [0, 0.05) is 9.99 Å². The number of aliphatic hydroxyl groups excluding tert-OH is 10. The van der Waals surface area contributed by atoms with Crippen LogP contribution in [0.1, 0.15) is 59.0 Å². The molecule has 6 amide bonds. The standard InChI is InChI=1S/C37H50I4N6O16/c1-16-24(34(60)42-18(6-48)7-49)29(39)33(30(40)25(16)35(61)43-19(8-50)9-51)47(15-57)5-23(59)3-22(58)4-46(14-56)32-17(2)26(36(62)44-20(10-52)11-53)28(38)27(31(32)41)37(63)45-21(12-54)13-55/h14-15,18-23,48-55,58-59H,3-13H2,1-2H3,(H,42,60)(H,43,61)(H,44,62)(H,45,63). The number of hydrogen-bond acceptors (Lipinski definition) is 16. The molecule has 0 saturated heterocycles. The van der Waals surface area contributed by atoms with E-state index in [-0.39, 0.29) is 59.0 Å². The Balaban J connectivity index is 2.65. The van der Waals surface area contributed by atoms with E-state index in [4.69, 9.17) is 0 Å². The van der Waals surface area contributed by atoms with Crippen LogP contribution in [-0.4, -0.2) is 190 Å². The average molecular weight is 1340 g/mol. The molecule has 0 aliphatic carbocycles. The minimum atomic E-state index is -1.56. The summed E-state index contributed by atoms with van der Waals surface area (Å²) in [6.07, 6.45) is -3.04. The zero-order valence-electron chi connectivity index (χ0n) is 33.7. The molecule has 0 aliphatic rings. The molecule has 0 aliphatic heterocycles. The van der Waals surface area contributed by atoms with Gasteiger partial charge in [-0.2, -0.15) is 0 Å². The largest absolute Gasteiger partial charge is 0.394 e. The van der Waals surface area contributed by atoms with Crippen molar-refractivity contribution in [3.8, 4) is 0 Å². The Kier molecular flexibility index (Phi) is 24.8. The van der Waals surface area contributed by atoms with Crippen LogP contribution in [0.25, 0.3) is 0 Å². The molecule has 0 heterocycles. The van der Waals surface area contributed by atoms with Crippen LogP contribution in [0.3, 0.4) is 0 Å². The molecule has 2 aromatic carbocycles. The third kappa shape index (κ3) is 14.4. The first-order valence-electron chi connectivity index (χ1n) is 18.7. The summed E-state index contributed by atoms with van der Waals surface area (Å²) in [6, 6.07) is -4.42. The van der Waals surface area contributed by atoms with E-state index in [2.05, 4.69) is 21.3 Å². The lowest BCUT2D eigenvalue weighted by Crippen LogP contribution is -2.43. The summed E-state index contributed by atoms with van der Waals surface area (Å²) in [5.74, 6) is -3.40. The van der Waals surface area contributed by atoms with E-state index in [1.54, 1.807) is 90.4 Å². The van der Waals surface area contributed by atoms with Crippen molar-refractivity contribution in [2.24, 2.45) is 0 Å². The molecule has 2 atom stereocenters. The number of nitrogens with zero attached hydrogens (tertiary/aromatic N) is 2. The third-order valence-electron chi connectivity index (χ3n) is 9.40. The lowest BCUT2D eigenvalue weighted by Gasteiger charge is -2.30. The third-order valence-corrected chi connectivity index (χ3v) is 13.6. The molecular weight excluding hydrogens is 1290 g/mol. The van der Waals surface area contributed by atoms with Crippen molar-refractivity contribution in [2.75, 3.05) is 75.7 Å². The highest BCUT2D eigenvalue weighted by Gasteiger charge is 2.34. The Morgan fingerprint density at radius 1 is 0.476 bits per heavy atom. The Morgan fingerprint density at radius 3 is 1.05 bits per heavy atom. The molecule has 26 heteroatoms. The summed E-state index contributed by atoms with van der Waals surface area (Å²) >= 11 is 6.99. The Hall–Kier alpha value is -2.22. The monoisotopic (exact) mass is 1340 g/mol. The van der Waals surface area contributed by atoms with Gasteiger partial charge in [-0.1, -0.05) is 0 Å². The van der Waals surface area contributed by atoms with Gasteiger partial charge < -0.3 is 82.1 Å². The average Bonchev–Trinajstić information content (AvgIpc) is 3.24. The number of carbonyl (C=O) groups excluding carboxylic acids is 6. The molecule has 0 spiro atoms. The van der Waals surface area contributed by atoms with Crippen molar-refractivity contribution in [3.63, 3.8) is 0 Å². The molecule has 63 heavy (non-hydrogen) atoms. The fraction of sp³-hybridized carbons (Fsp3) is 0.514. The van der Waals surface area contributed by atoms with Crippen LogP contribution >= 0.6 is 90.4 Å². The fourth-order valence-electron chi connectivity index (χ4n) is 6.10. The van der Waals surface area contributed by atoms with Crippen molar-refractivity contribution < 1.29 is 79.8 Å². The summed E-state index contributed by atoms with van der Waals surface area (Å²) in [5.41, 5.74) is -0.463. The van der Waals surface area contributed by atoms with Crippen molar-refractivity contribution in [2.45, 2.75) is 56.6 Å². The Labute approximate surface area is 415 Å². The van der Waals surface area contributed by atoms with Crippen molar-refractivity contribution in [1.82, 2.24) is 21.3 Å². The second-order valence-corrected chi connectivity index (χ2v) is 18.2. The topological polar surface area (TPSA) is 359 Å². The summed E-state index contributed by atoms with van der Waals surface area (Å²) in [4.78, 5) is 81.8. The maximum atomic E-state index is 13.6. The molecule has 2 unspecified atom stereocenters. The van der Waals surface area contributed by atoms with Gasteiger partial charge in [0.2, 0.25) is 12.8 Å². The van der Waals surface area contributed by atoms with Crippen LogP contribution in [0.15, 0.2) is 0 Å². The predicted octanol–water partition coefficient (Wildman–Crippen LogP) is -3.21. The quantitative estimate of drug-likeness (QED) is 0.0326. The first-order chi connectivity index (χ1) is 29.8. The summed E-state index contributed by atoms with van der Waals surface area (Å²) < 4.78 is 0.368. The number of halogens is 4. The molecule has 352 valence electrons. The highest BCUT2D eigenvalue weighted by atomic mass is 127. The number of hydrogen-bond donors (Lipinski definition) is 14. The van der Waals surface area contributed by atoms with Crippen LogP contribution in [0.2, 0.25) is 0 Å². The van der Waals surface area contributed by atoms with Gasteiger partial charge in [0.05, 0.1) is 147 Å². The lowest BCUT2D eigenvalue weighted by molar-refractivity contribution is -0.108. The van der Waals surface area contributed by atoms with Gasteiger partial charge in [-0.25, -0.2) is 0 Å². The van der Waals surface area contributed by atoms with Gasteiger partial charge in [-0.3, -0.25) is 28.8 Å². The normalized spacial score (nSPS) is 12.4. The zero-order chi connectivity index (χ0) is 47.9. The maximum absolute atomic E-state index is 13.6. The Morgan fingerprint density at radius 2 is 0.746 bits per heavy atom. The van der Waals surface area contributed by atoms with E-state index in [1.807, 2.05) is 0 Å². The molecule has 22 nitrogen and oxygen atoms in total. The first kappa shape index (κ1) is 56.9. The zero-order valence-corrected chi connectivity index (χ0v) is 42.4. The number of aliphatic hydroxyl groups is 10. The van der Waals surface area contributed by atoms with Crippen LogP contribution in [0.4, 0.5) is 11.4 Å². The summed E-state index contributed by atoms with van der Waals surface area (Å²) in [5, 5.41) is 109. The predicted molar refractivity (Wildman–Crippen MR) is 258 cm³/mol. The number of benzene rings is 2. The molecular formula is C37H50I4N6O16. The minimum absolute atomic E-state index is 0.0342. The highest BCUT2D eigenvalue weighted by Crippen LogP contribution is 2.38. The van der Waals surface area contributed by atoms with E-state index in [0.29, 0.717) is 12.8 Å². The Bertz CT molecular complexity index is 1710. The van der Waals surface area contributed by atoms with Crippen LogP contribution in [-0.2, 0) is 9.59 Å². The SMILES string of the molecule is Cc1c(C(=O)NC(CO)CO)c(I)c(N(C=O)CC(O)CC(O)CN(C=O)c2c(C)c(C(=O)NC(CO)CO)c(I)c(C(=O)NC(CO)CO)c2I)c(I)c1C(=O)NC(CO)CO. The molecule has 2 rings (SSSR count). The van der Waals surface area contributed by atoms with Crippen LogP contribution in [0, 0.1) is 28.1 Å². The smallest absolute Gasteiger partial charge is 0.253 e. The number of amides is 6. The van der Waals surface area contributed by atoms with Crippen LogP contribution < -0.4 is 31.1 Å². The van der Waals surface area contributed by atoms with Gasteiger partial charge >= 0.3 is 0 Å². The van der Waals surface area contributed by atoms with Crippen molar-refractivity contribution in [3.05, 3.63) is 47.7 Å². The molecule has 2 aromatic rings. The number of rotatable bonds is 26. The van der Waals surface area contributed by atoms with Gasteiger partial charge in [0.1, 0.15) is 0 Å². The second-order valence-electron chi connectivity index (χ2n) is 13.9. The molecule has 0 saturated carbocycles. The molecule has 0 aromatic heterocycles. The fourth-order valence-corrected chi connectivity index (χ4v) is 12.0. The number of nitrogens with one attached hydrogen (secondary N) is 4. The molecule has 14 N–H and O–H groups in total.